The van der Waals surface area contributed by atoms with Gasteiger partial charge in [0, 0.05) is 6.42 Å². The van der Waals surface area contributed by atoms with Crippen molar-refractivity contribution < 1.29 is 20.1 Å². The Balaban J connectivity index is 3.62. The maximum Gasteiger partial charge on any atom is 0.220 e. The number of hydrogen-bond donors (Lipinski definition) is 4. The standard InChI is InChI=1S/C55H105NO4/c1-3-5-7-9-11-13-15-17-19-21-23-25-27-29-31-33-35-37-39-41-43-45-47-49-53(58)55(60)52(51-57)56-54(59)50-48-46-44-42-40-38-36-34-32-30-28-26-24-22-20-18-16-14-12-10-8-6-4-2/h24,26,30,32,41,43,52-53,55,57-58,60H,3-23,25,27-29,31,33-40,42,44-51H2,1-2H3,(H,56,59)/b26-24-,32-30-,43-41+. The fourth-order valence-corrected chi connectivity index (χ4v) is 8.31. The molecule has 4 N–H and O–H groups in total. The Morgan fingerprint density at radius 3 is 1.07 bits per heavy atom. The van der Waals surface area contributed by atoms with Crippen molar-refractivity contribution >= 4 is 5.91 Å². The van der Waals surface area contributed by atoms with Crippen molar-refractivity contribution in [3.8, 4) is 0 Å². The first-order valence-corrected chi connectivity index (χ1v) is 26.8. The lowest BCUT2D eigenvalue weighted by atomic mass is 10.0. The van der Waals surface area contributed by atoms with Gasteiger partial charge in [0.15, 0.2) is 0 Å². The second-order valence-electron chi connectivity index (χ2n) is 18.4. The van der Waals surface area contributed by atoms with Crippen LogP contribution >= 0.6 is 0 Å². The number of aliphatic hydroxyl groups is 3. The van der Waals surface area contributed by atoms with Gasteiger partial charge in [0.1, 0.15) is 6.10 Å². The van der Waals surface area contributed by atoms with Gasteiger partial charge in [0.25, 0.3) is 0 Å². The van der Waals surface area contributed by atoms with Crippen molar-refractivity contribution in [1.82, 2.24) is 5.32 Å². The van der Waals surface area contributed by atoms with Crippen LogP contribution < -0.4 is 5.32 Å². The van der Waals surface area contributed by atoms with Gasteiger partial charge >= 0.3 is 0 Å². The zero-order chi connectivity index (χ0) is 43.7. The number of hydrogen-bond acceptors (Lipinski definition) is 4. The summed E-state index contributed by atoms with van der Waals surface area (Å²) in [5.41, 5.74) is 0. The van der Waals surface area contributed by atoms with E-state index in [9.17, 15) is 20.1 Å². The Morgan fingerprint density at radius 1 is 0.417 bits per heavy atom. The number of unbranched alkanes of at least 4 members (excludes halogenated alkanes) is 35. The highest BCUT2D eigenvalue weighted by Gasteiger charge is 2.26. The number of aliphatic hydroxyl groups excluding tert-OH is 3. The zero-order valence-corrected chi connectivity index (χ0v) is 40.4. The average molecular weight is 844 g/mol. The smallest absolute Gasteiger partial charge is 0.220 e. The van der Waals surface area contributed by atoms with E-state index in [1.807, 2.05) is 0 Å². The van der Waals surface area contributed by atoms with Crippen LogP contribution in [0.5, 0.6) is 0 Å². The van der Waals surface area contributed by atoms with Gasteiger partial charge in [-0.05, 0) is 70.6 Å². The first-order valence-electron chi connectivity index (χ1n) is 26.8. The Kier molecular flexibility index (Phi) is 49.0. The molecule has 3 atom stereocenters. The largest absolute Gasteiger partial charge is 0.394 e. The monoisotopic (exact) mass is 844 g/mol. The lowest BCUT2D eigenvalue weighted by molar-refractivity contribution is -0.124. The summed E-state index contributed by atoms with van der Waals surface area (Å²) in [6.07, 6.45) is 64.3. The zero-order valence-electron chi connectivity index (χ0n) is 40.4. The van der Waals surface area contributed by atoms with E-state index < -0.39 is 18.2 Å². The molecule has 0 spiro atoms. The number of rotatable bonds is 49. The molecule has 5 nitrogen and oxygen atoms in total. The van der Waals surface area contributed by atoms with Crippen LogP contribution in [0, 0.1) is 0 Å². The van der Waals surface area contributed by atoms with Crippen molar-refractivity contribution in [3.05, 3.63) is 36.5 Å². The molecule has 0 radical (unpaired) electrons. The number of carbonyl (C=O) groups excluding carboxylic acids is 1. The molecule has 0 aliphatic rings. The van der Waals surface area contributed by atoms with Gasteiger partial charge in [-0.2, -0.15) is 0 Å². The molecular formula is C55H105NO4. The molecule has 0 rings (SSSR count). The predicted octanol–water partition coefficient (Wildman–Crippen LogP) is 16.3. The van der Waals surface area contributed by atoms with E-state index in [1.165, 1.54) is 205 Å². The van der Waals surface area contributed by atoms with Crippen molar-refractivity contribution in [3.63, 3.8) is 0 Å². The normalized spacial score (nSPS) is 13.6. The van der Waals surface area contributed by atoms with Gasteiger partial charge in [-0.1, -0.05) is 243 Å². The summed E-state index contributed by atoms with van der Waals surface area (Å²) in [4.78, 5) is 12.5. The summed E-state index contributed by atoms with van der Waals surface area (Å²) in [5.74, 6) is -0.159. The minimum Gasteiger partial charge on any atom is -0.394 e. The second-order valence-corrected chi connectivity index (χ2v) is 18.4. The van der Waals surface area contributed by atoms with Gasteiger partial charge in [-0.15, -0.1) is 0 Å². The predicted molar refractivity (Wildman–Crippen MR) is 264 cm³/mol. The third kappa shape index (κ3) is 44.6. The Morgan fingerprint density at radius 2 is 0.717 bits per heavy atom. The molecular weight excluding hydrogens is 739 g/mol. The van der Waals surface area contributed by atoms with Crippen LogP contribution in [-0.2, 0) is 4.79 Å². The topological polar surface area (TPSA) is 89.8 Å². The van der Waals surface area contributed by atoms with Gasteiger partial charge in [0.05, 0.1) is 18.8 Å². The van der Waals surface area contributed by atoms with Crippen molar-refractivity contribution in [2.75, 3.05) is 6.61 Å². The van der Waals surface area contributed by atoms with Gasteiger partial charge in [-0.25, -0.2) is 0 Å². The molecule has 0 saturated heterocycles. The summed E-state index contributed by atoms with van der Waals surface area (Å²) in [5, 5.41) is 33.7. The summed E-state index contributed by atoms with van der Waals surface area (Å²) in [6, 6.07) is -0.831. The molecule has 0 aromatic rings. The molecule has 0 aromatic heterocycles. The lowest BCUT2D eigenvalue weighted by Crippen LogP contribution is -2.50. The van der Waals surface area contributed by atoms with Gasteiger partial charge in [-0.3, -0.25) is 4.79 Å². The first-order chi connectivity index (χ1) is 29.6. The fraction of sp³-hybridized carbons (Fsp3) is 0.873. The van der Waals surface area contributed by atoms with Crippen molar-refractivity contribution in [1.29, 1.82) is 0 Å². The molecule has 0 bridgehead atoms. The second kappa shape index (κ2) is 50.2. The lowest BCUT2D eigenvalue weighted by Gasteiger charge is -2.26. The minimum absolute atomic E-state index is 0.159. The molecule has 0 saturated carbocycles. The van der Waals surface area contributed by atoms with E-state index in [0.717, 1.165) is 51.4 Å². The number of nitrogens with one attached hydrogen (secondary N) is 1. The molecule has 3 unspecified atom stereocenters. The number of amides is 1. The average Bonchev–Trinajstić information content (AvgIpc) is 3.25. The quantitative estimate of drug-likeness (QED) is 0.0363. The number of allylic oxidation sites excluding steroid dienone is 6. The summed E-state index contributed by atoms with van der Waals surface area (Å²) in [7, 11) is 0. The van der Waals surface area contributed by atoms with Crippen molar-refractivity contribution in [2.45, 2.75) is 302 Å². The molecule has 1 amide bonds. The third-order valence-electron chi connectivity index (χ3n) is 12.5. The van der Waals surface area contributed by atoms with Gasteiger partial charge in [0.2, 0.25) is 5.91 Å². The van der Waals surface area contributed by atoms with Crippen LogP contribution in [0.25, 0.3) is 0 Å². The maximum absolute atomic E-state index is 12.5. The first kappa shape index (κ1) is 58.6. The molecule has 354 valence electrons. The van der Waals surface area contributed by atoms with Crippen LogP contribution in [0.1, 0.15) is 284 Å². The van der Waals surface area contributed by atoms with E-state index in [2.05, 4.69) is 55.6 Å². The van der Waals surface area contributed by atoms with E-state index in [0.29, 0.717) is 12.8 Å². The fourth-order valence-electron chi connectivity index (χ4n) is 8.31. The van der Waals surface area contributed by atoms with Crippen LogP contribution in [0.15, 0.2) is 36.5 Å². The van der Waals surface area contributed by atoms with E-state index >= 15 is 0 Å². The highest BCUT2D eigenvalue weighted by Crippen LogP contribution is 2.16. The molecule has 5 heteroatoms. The summed E-state index contributed by atoms with van der Waals surface area (Å²) < 4.78 is 0. The Hall–Kier alpha value is -1.43. The molecule has 60 heavy (non-hydrogen) atoms. The van der Waals surface area contributed by atoms with Crippen LogP contribution in [0.4, 0.5) is 0 Å². The minimum atomic E-state index is -1.16. The Labute approximate surface area is 374 Å². The molecule has 0 aliphatic heterocycles. The third-order valence-corrected chi connectivity index (χ3v) is 12.5. The molecule has 0 aliphatic carbocycles. The summed E-state index contributed by atoms with van der Waals surface area (Å²) >= 11 is 0. The molecule has 0 aromatic carbocycles. The van der Waals surface area contributed by atoms with Gasteiger partial charge < -0.3 is 20.6 Å². The number of carbonyl (C=O) groups is 1. The van der Waals surface area contributed by atoms with Crippen LogP contribution in [0.3, 0.4) is 0 Å². The SMILES string of the molecule is CCCCCCCCCCC/C=C\C/C=C\CCCCCCCCCC(=O)NC(CO)C(O)C(O)CCC/C=C/CCCCCCCCCCCCCCCCCCCC. The Bertz CT molecular complexity index is 931. The molecule has 0 heterocycles. The van der Waals surface area contributed by atoms with E-state index in [4.69, 9.17) is 0 Å². The van der Waals surface area contributed by atoms with E-state index in [1.54, 1.807) is 0 Å². The highest BCUT2D eigenvalue weighted by atomic mass is 16.3. The maximum atomic E-state index is 12.5. The van der Waals surface area contributed by atoms with Crippen LogP contribution in [-0.4, -0.2) is 46.1 Å². The molecule has 0 fully saturated rings. The van der Waals surface area contributed by atoms with Crippen molar-refractivity contribution in [2.24, 2.45) is 0 Å². The highest BCUT2D eigenvalue weighted by molar-refractivity contribution is 5.76. The summed E-state index contributed by atoms with van der Waals surface area (Å²) in [6.45, 7) is 4.19. The van der Waals surface area contributed by atoms with Crippen LogP contribution in [0.2, 0.25) is 0 Å². The van der Waals surface area contributed by atoms with E-state index in [-0.39, 0.29) is 12.5 Å².